The first-order valence-electron chi connectivity index (χ1n) is 8.69. The second kappa shape index (κ2) is 7.15. The summed E-state index contributed by atoms with van der Waals surface area (Å²) in [5, 5.41) is 2.91. The molecule has 25 heavy (non-hydrogen) atoms. The molecular weight excluding hydrogens is 318 g/mol. The Hall–Kier alpha value is -2.53. The van der Waals surface area contributed by atoms with Gasteiger partial charge in [-0.15, -0.1) is 0 Å². The Bertz CT molecular complexity index is 751. The molecule has 4 rings (SSSR count). The Labute approximate surface area is 146 Å². The fraction of sp³-hybridized carbons (Fsp3) is 0.350. The summed E-state index contributed by atoms with van der Waals surface area (Å²) in [6, 6.07) is 13.0. The topological polar surface area (TPSA) is 56.8 Å². The molecule has 5 heteroatoms. The van der Waals surface area contributed by atoms with Gasteiger partial charge < -0.3 is 19.5 Å². The Morgan fingerprint density at radius 2 is 2.04 bits per heavy atom. The lowest BCUT2D eigenvalue weighted by molar-refractivity contribution is 0.0679. The molecule has 2 aromatic carbocycles. The van der Waals surface area contributed by atoms with Gasteiger partial charge in [0.1, 0.15) is 18.1 Å². The molecule has 0 radical (unpaired) electrons. The number of amides is 1. The molecule has 0 aromatic heterocycles. The minimum Gasteiger partial charge on any atom is -0.493 e. The van der Waals surface area contributed by atoms with Gasteiger partial charge in [-0.2, -0.15) is 0 Å². The number of ether oxygens (including phenoxy) is 3. The Morgan fingerprint density at radius 1 is 1.16 bits per heavy atom. The SMILES string of the molecule is O=C(Nc1ccc(OCC2CCCO2)cc1)c1ccc2c(c1)CCO2. The highest BCUT2D eigenvalue weighted by atomic mass is 16.5. The van der Waals surface area contributed by atoms with Crippen LogP contribution in [0, 0.1) is 0 Å². The minimum absolute atomic E-state index is 0.122. The molecule has 1 N–H and O–H groups in total. The van der Waals surface area contributed by atoms with Crippen molar-refractivity contribution in [3.63, 3.8) is 0 Å². The van der Waals surface area contributed by atoms with Gasteiger partial charge in [0.2, 0.25) is 0 Å². The highest BCUT2D eigenvalue weighted by molar-refractivity contribution is 6.04. The van der Waals surface area contributed by atoms with Gasteiger partial charge in [-0.3, -0.25) is 4.79 Å². The summed E-state index contributed by atoms with van der Waals surface area (Å²) in [6.45, 7) is 2.09. The predicted molar refractivity (Wildman–Crippen MR) is 94.5 cm³/mol. The summed E-state index contributed by atoms with van der Waals surface area (Å²) in [6.07, 6.45) is 3.21. The first-order valence-corrected chi connectivity index (χ1v) is 8.69. The number of nitrogens with one attached hydrogen (secondary N) is 1. The molecule has 1 amide bonds. The standard InChI is InChI=1S/C20H21NO4/c22-20(15-3-8-19-14(12-15)9-11-24-19)21-16-4-6-17(7-5-16)25-13-18-2-1-10-23-18/h3-8,12,18H,1-2,9-11,13H2,(H,21,22). The van der Waals surface area contributed by atoms with E-state index >= 15 is 0 Å². The van der Waals surface area contributed by atoms with Crippen LogP contribution in [0.1, 0.15) is 28.8 Å². The van der Waals surface area contributed by atoms with Gasteiger partial charge in [-0.25, -0.2) is 0 Å². The summed E-state index contributed by atoms with van der Waals surface area (Å²) in [5.74, 6) is 1.54. The van der Waals surface area contributed by atoms with E-state index in [0.717, 1.165) is 48.6 Å². The maximum absolute atomic E-state index is 12.4. The number of rotatable bonds is 5. The van der Waals surface area contributed by atoms with Crippen molar-refractivity contribution in [2.24, 2.45) is 0 Å². The Balaban J connectivity index is 1.34. The van der Waals surface area contributed by atoms with Gasteiger partial charge in [0.05, 0.1) is 12.7 Å². The normalized spacial score (nSPS) is 18.5. The van der Waals surface area contributed by atoms with Crippen molar-refractivity contribution >= 4 is 11.6 Å². The third-order valence-electron chi connectivity index (χ3n) is 4.52. The molecule has 2 aromatic rings. The molecule has 1 saturated heterocycles. The molecule has 0 saturated carbocycles. The molecule has 1 fully saturated rings. The summed E-state index contributed by atoms with van der Waals surface area (Å²) >= 11 is 0. The van der Waals surface area contributed by atoms with Gasteiger partial charge >= 0.3 is 0 Å². The van der Waals surface area contributed by atoms with Crippen LogP contribution >= 0.6 is 0 Å². The van der Waals surface area contributed by atoms with Crippen LogP contribution in [0.5, 0.6) is 11.5 Å². The van der Waals surface area contributed by atoms with Gasteiger partial charge in [0.25, 0.3) is 5.91 Å². The number of anilines is 1. The van der Waals surface area contributed by atoms with Crippen LogP contribution in [0.3, 0.4) is 0 Å². The quantitative estimate of drug-likeness (QED) is 0.907. The largest absolute Gasteiger partial charge is 0.493 e. The van der Waals surface area contributed by atoms with Crippen molar-refractivity contribution in [2.45, 2.75) is 25.4 Å². The zero-order valence-corrected chi connectivity index (χ0v) is 14.0. The number of carbonyl (C=O) groups excluding carboxylic acids is 1. The van der Waals surface area contributed by atoms with Gasteiger partial charge in [0, 0.05) is 24.3 Å². The molecule has 5 nitrogen and oxygen atoms in total. The van der Waals surface area contributed by atoms with Crippen molar-refractivity contribution in [1.82, 2.24) is 0 Å². The van der Waals surface area contributed by atoms with Gasteiger partial charge in [-0.1, -0.05) is 0 Å². The van der Waals surface area contributed by atoms with Crippen molar-refractivity contribution < 1.29 is 19.0 Å². The first kappa shape index (κ1) is 16.0. The maximum Gasteiger partial charge on any atom is 0.255 e. The molecular formula is C20H21NO4. The van der Waals surface area contributed by atoms with E-state index in [9.17, 15) is 4.79 Å². The average Bonchev–Trinajstić information content (AvgIpc) is 3.32. The fourth-order valence-electron chi connectivity index (χ4n) is 3.13. The van der Waals surface area contributed by atoms with Crippen LogP contribution in [-0.4, -0.2) is 31.8 Å². The van der Waals surface area contributed by atoms with Crippen LogP contribution in [0.2, 0.25) is 0 Å². The van der Waals surface area contributed by atoms with E-state index in [1.165, 1.54) is 0 Å². The number of benzene rings is 2. The summed E-state index contributed by atoms with van der Waals surface area (Å²) in [4.78, 5) is 12.4. The number of hydrogen-bond acceptors (Lipinski definition) is 4. The third-order valence-corrected chi connectivity index (χ3v) is 4.52. The molecule has 2 aliphatic rings. The molecule has 0 aliphatic carbocycles. The first-order chi connectivity index (χ1) is 12.3. The van der Waals surface area contributed by atoms with E-state index in [0.29, 0.717) is 18.8 Å². The van der Waals surface area contributed by atoms with E-state index < -0.39 is 0 Å². The lowest BCUT2D eigenvalue weighted by atomic mass is 10.1. The summed E-state index contributed by atoms with van der Waals surface area (Å²) in [5.41, 5.74) is 2.47. The van der Waals surface area contributed by atoms with Crippen LogP contribution in [0.4, 0.5) is 5.69 Å². The molecule has 2 aliphatic heterocycles. The van der Waals surface area contributed by atoms with E-state index in [4.69, 9.17) is 14.2 Å². The number of fused-ring (bicyclic) bond motifs is 1. The second-order valence-corrected chi connectivity index (χ2v) is 6.35. The van der Waals surface area contributed by atoms with Crippen LogP contribution in [0.25, 0.3) is 0 Å². The van der Waals surface area contributed by atoms with Crippen molar-refractivity contribution in [3.05, 3.63) is 53.6 Å². The summed E-state index contributed by atoms with van der Waals surface area (Å²) < 4.78 is 16.7. The van der Waals surface area contributed by atoms with Crippen molar-refractivity contribution in [2.75, 3.05) is 25.1 Å². The lowest BCUT2D eigenvalue weighted by Gasteiger charge is -2.12. The second-order valence-electron chi connectivity index (χ2n) is 6.35. The van der Waals surface area contributed by atoms with Crippen LogP contribution in [0.15, 0.2) is 42.5 Å². The van der Waals surface area contributed by atoms with Gasteiger partial charge in [0.15, 0.2) is 0 Å². The van der Waals surface area contributed by atoms with Crippen molar-refractivity contribution in [3.8, 4) is 11.5 Å². The maximum atomic E-state index is 12.4. The zero-order chi connectivity index (χ0) is 17.1. The predicted octanol–water partition coefficient (Wildman–Crippen LogP) is 3.43. The third kappa shape index (κ3) is 3.77. The van der Waals surface area contributed by atoms with Crippen LogP contribution < -0.4 is 14.8 Å². The van der Waals surface area contributed by atoms with E-state index in [1.807, 2.05) is 36.4 Å². The molecule has 1 unspecified atom stereocenters. The lowest BCUT2D eigenvalue weighted by Crippen LogP contribution is -2.16. The smallest absolute Gasteiger partial charge is 0.255 e. The van der Waals surface area contributed by atoms with E-state index in [2.05, 4.69) is 5.32 Å². The fourth-order valence-corrected chi connectivity index (χ4v) is 3.13. The van der Waals surface area contributed by atoms with Crippen LogP contribution in [-0.2, 0) is 11.2 Å². The Morgan fingerprint density at radius 3 is 2.84 bits per heavy atom. The molecule has 2 heterocycles. The van der Waals surface area contributed by atoms with E-state index in [1.54, 1.807) is 6.07 Å². The highest BCUT2D eigenvalue weighted by Gasteiger charge is 2.16. The molecule has 130 valence electrons. The number of hydrogen-bond donors (Lipinski definition) is 1. The van der Waals surface area contributed by atoms with Crippen molar-refractivity contribution in [1.29, 1.82) is 0 Å². The Kier molecular flexibility index (Phi) is 4.57. The molecule has 0 spiro atoms. The minimum atomic E-state index is -0.122. The monoisotopic (exact) mass is 339 g/mol. The molecule has 0 bridgehead atoms. The van der Waals surface area contributed by atoms with Gasteiger partial charge in [-0.05, 0) is 60.9 Å². The highest BCUT2D eigenvalue weighted by Crippen LogP contribution is 2.26. The molecule has 1 atom stereocenters. The average molecular weight is 339 g/mol. The summed E-state index contributed by atoms with van der Waals surface area (Å²) in [7, 11) is 0. The zero-order valence-electron chi connectivity index (χ0n) is 14.0. The van der Waals surface area contributed by atoms with E-state index in [-0.39, 0.29) is 12.0 Å². The number of carbonyl (C=O) groups is 1.